The van der Waals surface area contributed by atoms with Gasteiger partial charge in [-0.25, -0.2) is 4.98 Å². The van der Waals surface area contributed by atoms with Crippen LogP contribution in [0.15, 0.2) is 65.8 Å². The Hall–Kier alpha value is -2.09. The molecule has 2 N–H and O–H groups in total. The standard InChI is InChI=1S/C20H25N5.HI/c1-21-20(24-14-13-23-19-9-5-6-12-22-19)25-15-10-18(11-16-25)17-7-3-2-4-8-17;/h2-10,12H,11,13-16H2,1H3,(H,21,24)(H,22,23);1H. The van der Waals surface area contributed by atoms with Gasteiger partial charge in [0.2, 0.25) is 0 Å². The van der Waals surface area contributed by atoms with Gasteiger partial charge in [-0.05, 0) is 29.7 Å². The quantitative estimate of drug-likeness (QED) is 0.309. The van der Waals surface area contributed by atoms with Gasteiger partial charge in [-0.3, -0.25) is 4.99 Å². The first kappa shape index (κ1) is 20.2. The molecule has 3 rings (SSSR count). The van der Waals surface area contributed by atoms with E-state index in [1.807, 2.05) is 25.2 Å². The number of pyridine rings is 1. The number of hydrogen-bond donors (Lipinski definition) is 2. The number of halogens is 1. The minimum absolute atomic E-state index is 0. The molecule has 138 valence electrons. The molecular formula is C20H26IN5. The van der Waals surface area contributed by atoms with Gasteiger partial charge in [-0.2, -0.15) is 0 Å². The molecule has 2 aromatic rings. The number of aromatic nitrogens is 1. The Morgan fingerprint density at radius 3 is 2.58 bits per heavy atom. The van der Waals surface area contributed by atoms with E-state index in [1.54, 1.807) is 6.20 Å². The Labute approximate surface area is 172 Å². The first-order chi connectivity index (χ1) is 12.4. The highest BCUT2D eigenvalue weighted by molar-refractivity contribution is 14.0. The van der Waals surface area contributed by atoms with Gasteiger partial charge in [0.15, 0.2) is 5.96 Å². The molecule has 1 aliphatic heterocycles. The highest BCUT2D eigenvalue weighted by Crippen LogP contribution is 2.21. The Bertz CT molecular complexity index is 715. The van der Waals surface area contributed by atoms with E-state index in [0.29, 0.717) is 0 Å². The van der Waals surface area contributed by atoms with Gasteiger partial charge in [-0.15, -0.1) is 24.0 Å². The molecule has 0 amide bonds. The van der Waals surface area contributed by atoms with E-state index >= 15 is 0 Å². The fourth-order valence-corrected chi connectivity index (χ4v) is 2.94. The summed E-state index contributed by atoms with van der Waals surface area (Å²) in [7, 11) is 1.84. The fourth-order valence-electron chi connectivity index (χ4n) is 2.94. The van der Waals surface area contributed by atoms with E-state index in [2.05, 4.69) is 61.9 Å². The molecule has 1 aromatic heterocycles. The maximum Gasteiger partial charge on any atom is 0.194 e. The number of rotatable bonds is 5. The number of benzene rings is 1. The second-order valence-corrected chi connectivity index (χ2v) is 5.91. The van der Waals surface area contributed by atoms with Crippen molar-refractivity contribution in [1.29, 1.82) is 0 Å². The summed E-state index contributed by atoms with van der Waals surface area (Å²) in [6, 6.07) is 16.5. The zero-order chi connectivity index (χ0) is 17.3. The van der Waals surface area contributed by atoms with Crippen molar-refractivity contribution >= 4 is 41.3 Å². The van der Waals surface area contributed by atoms with E-state index in [9.17, 15) is 0 Å². The molecule has 0 spiro atoms. The van der Waals surface area contributed by atoms with Crippen LogP contribution in [0.5, 0.6) is 0 Å². The molecule has 1 aromatic carbocycles. The summed E-state index contributed by atoms with van der Waals surface area (Å²) in [6.45, 7) is 3.47. The van der Waals surface area contributed by atoms with E-state index in [-0.39, 0.29) is 24.0 Å². The summed E-state index contributed by atoms with van der Waals surface area (Å²) in [5.41, 5.74) is 2.74. The van der Waals surface area contributed by atoms with Crippen molar-refractivity contribution in [3.63, 3.8) is 0 Å². The Balaban J connectivity index is 0.00000243. The van der Waals surface area contributed by atoms with Crippen molar-refractivity contribution in [2.45, 2.75) is 6.42 Å². The third-order valence-electron chi connectivity index (χ3n) is 4.24. The SMILES string of the molecule is CN=C(NCCNc1ccccn1)N1CC=C(c2ccccc2)CC1.I. The molecule has 0 atom stereocenters. The largest absolute Gasteiger partial charge is 0.368 e. The predicted octanol–water partition coefficient (Wildman–Crippen LogP) is 3.48. The predicted molar refractivity (Wildman–Crippen MR) is 120 cm³/mol. The fraction of sp³-hybridized carbons (Fsp3) is 0.300. The zero-order valence-electron chi connectivity index (χ0n) is 15.1. The molecule has 6 heteroatoms. The molecule has 26 heavy (non-hydrogen) atoms. The minimum atomic E-state index is 0. The molecule has 2 heterocycles. The van der Waals surface area contributed by atoms with Gasteiger partial charge in [-0.1, -0.05) is 42.5 Å². The summed E-state index contributed by atoms with van der Waals surface area (Å²) in [5.74, 6) is 1.85. The smallest absolute Gasteiger partial charge is 0.194 e. The lowest BCUT2D eigenvalue weighted by Gasteiger charge is -2.29. The number of hydrogen-bond acceptors (Lipinski definition) is 3. The van der Waals surface area contributed by atoms with Gasteiger partial charge in [0.25, 0.3) is 0 Å². The molecule has 0 bridgehead atoms. The summed E-state index contributed by atoms with van der Waals surface area (Å²) in [4.78, 5) is 11.0. The Morgan fingerprint density at radius 2 is 1.92 bits per heavy atom. The van der Waals surface area contributed by atoms with Gasteiger partial charge >= 0.3 is 0 Å². The van der Waals surface area contributed by atoms with Crippen LogP contribution in [0.1, 0.15) is 12.0 Å². The topological polar surface area (TPSA) is 52.6 Å². The minimum Gasteiger partial charge on any atom is -0.368 e. The van der Waals surface area contributed by atoms with Crippen LogP contribution in [0.4, 0.5) is 5.82 Å². The molecule has 0 unspecified atom stereocenters. The molecule has 0 aliphatic carbocycles. The Kier molecular flexibility index (Phi) is 8.40. The summed E-state index contributed by atoms with van der Waals surface area (Å²) < 4.78 is 0. The number of aliphatic imine (C=N–C) groups is 1. The van der Waals surface area contributed by atoms with Crippen molar-refractivity contribution in [2.75, 3.05) is 38.5 Å². The van der Waals surface area contributed by atoms with E-state index in [1.165, 1.54) is 11.1 Å². The van der Waals surface area contributed by atoms with Crippen LogP contribution in [0.2, 0.25) is 0 Å². The lowest BCUT2D eigenvalue weighted by Crippen LogP contribution is -2.44. The molecule has 5 nitrogen and oxygen atoms in total. The van der Waals surface area contributed by atoms with Gasteiger partial charge in [0, 0.05) is 39.4 Å². The summed E-state index contributed by atoms with van der Waals surface area (Å²) in [6.07, 6.45) is 5.13. The maximum absolute atomic E-state index is 4.41. The van der Waals surface area contributed by atoms with Crippen LogP contribution in [0.3, 0.4) is 0 Å². The van der Waals surface area contributed by atoms with Crippen molar-refractivity contribution in [2.24, 2.45) is 4.99 Å². The van der Waals surface area contributed by atoms with Crippen LogP contribution in [-0.2, 0) is 0 Å². The first-order valence-corrected chi connectivity index (χ1v) is 8.72. The van der Waals surface area contributed by atoms with Gasteiger partial charge in [0.1, 0.15) is 5.82 Å². The van der Waals surface area contributed by atoms with Crippen LogP contribution < -0.4 is 10.6 Å². The van der Waals surface area contributed by atoms with Crippen LogP contribution in [-0.4, -0.2) is 49.1 Å². The molecule has 0 radical (unpaired) electrons. The first-order valence-electron chi connectivity index (χ1n) is 8.72. The lowest BCUT2D eigenvalue weighted by atomic mass is 10.00. The molecular weight excluding hydrogens is 437 g/mol. The average molecular weight is 463 g/mol. The van der Waals surface area contributed by atoms with Crippen molar-refractivity contribution < 1.29 is 0 Å². The van der Waals surface area contributed by atoms with E-state index in [4.69, 9.17) is 0 Å². The normalized spacial score (nSPS) is 14.3. The number of guanidine groups is 1. The maximum atomic E-state index is 4.41. The second kappa shape index (κ2) is 10.8. The van der Waals surface area contributed by atoms with Crippen molar-refractivity contribution in [1.82, 2.24) is 15.2 Å². The third kappa shape index (κ3) is 5.72. The molecule has 0 fully saturated rings. The number of anilines is 1. The van der Waals surface area contributed by atoms with Crippen LogP contribution in [0.25, 0.3) is 5.57 Å². The zero-order valence-corrected chi connectivity index (χ0v) is 17.4. The van der Waals surface area contributed by atoms with E-state index in [0.717, 1.165) is 44.4 Å². The summed E-state index contributed by atoms with van der Waals surface area (Å²) >= 11 is 0. The highest BCUT2D eigenvalue weighted by atomic mass is 127. The number of nitrogens with zero attached hydrogens (tertiary/aromatic N) is 3. The number of nitrogens with one attached hydrogen (secondary N) is 2. The van der Waals surface area contributed by atoms with Crippen molar-refractivity contribution in [3.8, 4) is 0 Å². The monoisotopic (exact) mass is 463 g/mol. The molecule has 0 saturated heterocycles. The Morgan fingerprint density at radius 1 is 1.12 bits per heavy atom. The van der Waals surface area contributed by atoms with Crippen LogP contribution >= 0.6 is 24.0 Å². The highest BCUT2D eigenvalue weighted by Gasteiger charge is 2.15. The molecule has 1 aliphatic rings. The molecule has 0 saturated carbocycles. The third-order valence-corrected chi connectivity index (χ3v) is 4.24. The van der Waals surface area contributed by atoms with E-state index < -0.39 is 0 Å². The van der Waals surface area contributed by atoms with Crippen LogP contribution in [0, 0.1) is 0 Å². The van der Waals surface area contributed by atoms with Crippen molar-refractivity contribution in [3.05, 3.63) is 66.4 Å². The van der Waals surface area contributed by atoms with Gasteiger partial charge < -0.3 is 15.5 Å². The van der Waals surface area contributed by atoms with Gasteiger partial charge in [0.05, 0.1) is 0 Å². The average Bonchev–Trinajstić information content (AvgIpc) is 2.70. The summed E-state index contributed by atoms with van der Waals surface area (Å²) in [5, 5.41) is 6.72. The second-order valence-electron chi connectivity index (χ2n) is 5.91. The lowest BCUT2D eigenvalue weighted by molar-refractivity contribution is 0.441.